The first-order valence-electron chi connectivity index (χ1n) is 9.68. The average molecular weight is 372 g/mol. The number of carboxylic acid groups (broad SMARTS) is 1. The van der Waals surface area contributed by atoms with Crippen LogP contribution in [0.2, 0.25) is 0 Å². The van der Waals surface area contributed by atoms with Crippen LogP contribution < -0.4 is 0 Å². The number of rotatable bonds is 3. The van der Waals surface area contributed by atoms with E-state index in [4.69, 9.17) is 0 Å². The van der Waals surface area contributed by atoms with Crippen molar-refractivity contribution in [2.75, 3.05) is 26.2 Å². The van der Waals surface area contributed by atoms with Gasteiger partial charge in [-0.2, -0.15) is 0 Å². The molecule has 6 nitrogen and oxygen atoms in total. The SMILES string of the molecule is CC1CN(C(=O)C2(C)CCCN(C(=O)c3ccccc3)C2)CCC1C(=O)O. The van der Waals surface area contributed by atoms with Gasteiger partial charge in [-0.25, -0.2) is 0 Å². The molecule has 3 atom stereocenters. The molecule has 2 aliphatic heterocycles. The van der Waals surface area contributed by atoms with Crippen molar-refractivity contribution in [1.82, 2.24) is 9.80 Å². The second kappa shape index (κ2) is 7.71. The highest BCUT2D eigenvalue weighted by molar-refractivity contribution is 5.95. The van der Waals surface area contributed by atoms with Gasteiger partial charge in [-0.05, 0) is 44.2 Å². The third kappa shape index (κ3) is 3.99. The number of likely N-dealkylation sites (tertiary alicyclic amines) is 2. The summed E-state index contributed by atoms with van der Waals surface area (Å²) < 4.78 is 0. The molecule has 146 valence electrons. The predicted molar refractivity (Wildman–Crippen MR) is 101 cm³/mol. The van der Waals surface area contributed by atoms with E-state index < -0.39 is 11.4 Å². The lowest BCUT2D eigenvalue weighted by Gasteiger charge is -2.44. The van der Waals surface area contributed by atoms with E-state index in [-0.39, 0.29) is 23.7 Å². The molecule has 0 saturated carbocycles. The molecule has 2 heterocycles. The lowest BCUT2D eigenvalue weighted by molar-refractivity contribution is -0.153. The lowest BCUT2D eigenvalue weighted by Crippen LogP contribution is -2.55. The third-order valence-corrected chi connectivity index (χ3v) is 6.03. The van der Waals surface area contributed by atoms with Crippen LogP contribution >= 0.6 is 0 Å². The fourth-order valence-electron chi connectivity index (χ4n) is 4.43. The maximum Gasteiger partial charge on any atom is 0.306 e. The lowest BCUT2D eigenvalue weighted by atomic mass is 9.78. The van der Waals surface area contributed by atoms with Gasteiger partial charge in [-0.3, -0.25) is 14.4 Å². The Labute approximate surface area is 160 Å². The Morgan fingerprint density at radius 1 is 1.11 bits per heavy atom. The van der Waals surface area contributed by atoms with E-state index in [1.807, 2.05) is 32.0 Å². The van der Waals surface area contributed by atoms with Gasteiger partial charge in [-0.1, -0.05) is 25.1 Å². The van der Waals surface area contributed by atoms with Crippen LogP contribution in [0.4, 0.5) is 0 Å². The van der Waals surface area contributed by atoms with Crippen LogP contribution in [-0.2, 0) is 9.59 Å². The highest BCUT2D eigenvalue weighted by Crippen LogP contribution is 2.34. The zero-order chi connectivity index (χ0) is 19.6. The molecule has 2 fully saturated rings. The average Bonchev–Trinajstić information content (AvgIpc) is 2.67. The van der Waals surface area contributed by atoms with Gasteiger partial charge in [0.25, 0.3) is 5.91 Å². The molecule has 0 bridgehead atoms. The summed E-state index contributed by atoms with van der Waals surface area (Å²) in [7, 11) is 0. The largest absolute Gasteiger partial charge is 0.481 e. The summed E-state index contributed by atoms with van der Waals surface area (Å²) in [5, 5.41) is 9.29. The van der Waals surface area contributed by atoms with Crippen molar-refractivity contribution in [2.45, 2.75) is 33.1 Å². The van der Waals surface area contributed by atoms with Crippen LogP contribution in [0, 0.1) is 17.3 Å². The Hall–Kier alpha value is -2.37. The highest BCUT2D eigenvalue weighted by Gasteiger charge is 2.44. The van der Waals surface area contributed by atoms with Gasteiger partial charge >= 0.3 is 5.97 Å². The molecule has 0 aromatic heterocycles. The fraction of sp³-hybridized carbons (Fsp3) is 0.571. The minimum atomic E-state index is -0.780. The number of hydrogen-bond acceptors (Lipinski definition) is 3. The smallest absolute Gasteiger partial charge is 0.306 e. The summed E-state index contributed by atoms with van der Waals surface area (Å²) in [5.41, 5.74) is 0.0310. The molecule has 0 aliphatic carbocycles. The van der Waals surface area contributed by atoms with Gasteiger partial charge in [0.15, 0.2) is 0 Å². The van der Waals surface area contributed by atoms with Crippen LogP contribution in [0.3, 0.4) is 0 Å². The summed E-state index contributed by atoms with van der Waals surface area (Å²) >= 11 is 0. The number of benzene rings is 1. The molecule has 3 rings (SSSR count). The Morgan fingerprint density at radius 3 is 2.44 bits per heavy atom. The number of amides is 2. The molecular formula is C21H28N2O4. The summed E-state index contributed by atoms with van der Waals surface area (Å²) in [5.74, 6) is -1.21. The van der Waals surface area contributed by atoms with E-state index in [0.717, 1.165) is 12.8 Å². The Kier molecular flexibility index (Phi) is 5.53. The van der Waals surface area contributed by atoms with Gasteiger partial charge in [-0.15, -0.1) is 0 Å². The third-order valence-electron chi connectivity index (χ3n) is 6.03. The zero-order valence-corrected chi connectivity index (χ0v) is 16.1. The number of carbonyl (C=O) groups excluding carboxylic acids is 2. The van der Waals surface area contributed by atoms with Crippen LogP contribution in [-0.4, -0.2) is 58.9 Å². The zero-order valence-electron chi connectivity index (χ0n) is 16.1. The van der Waals surface area contributed by atoms with E-state index >= 15 is 0 Å². The van der Waals surface area contributed by atoms with Gasteiger partial charge in [0, 0.05) is 31.7 Å². The molecular weight excluding hydrogens is 344 g/mol. The summed E-state index contributed by atoms with van der Waals surface area (Å²) in [6.45, 7) is 5.85. The standard InChI is InChI=1S/C21H28N2O4/c1-15-13-22(12-9-17(15)19(25)26)20(27)21(2)10-6-11-23(14-21)18(24)16-7-4-3-5-8-16/h3-5,7-8,15,17H,6,9-14H2,1-2H3,(H,25,26). The van der Waals surface area contributed by atoms with Crippen LogP contribution in [0.1, 0.15) is 43.5 Å². The maximum absolute atomic E-state index is 13.2. The molecule has 0 radical (unpaired) electrons. The number of carbonyl (C=O) groups is 3. The Bertz CT molecular complexity index is 720. The minimum absolute atomic E-state index is 0.0349. The monoisotopic (exact) mass is 372 g/mol. The molecule has 0 spiro atoms. The molecule has 1 aromatic rings. The maximum atomic E-state index is 13.2. The molecule has 2 aliphatic rings. The van der Waals surface area contributed by atoms with E-state index in [1.165, 1.54) is 0 Å². The Balaban J connectivity index is 1.69. The number of carboxylic acids is 1. The van der Waals surface area contributed by atoms with E-state index in [0.29, 0.717) is 38.2 Å². The molecule has 1 aromatic carbocycles. The van der Waals surface area contributed by atoms with E-state index in [9.17, 15) is 19.5 Å². The molecule has 6 heteroatoms. The van der Waals surface area contributed by atoms with Gasteiger partial charge in [0.1, 0.15) is 0 Å². The predicted octanol–water partition coefficient (Wildman–Crippen LogP) is 2.50. The molecule has 1 N–H and O–H groups in total. The quantitative estimate of drug-likeness (QED) is 0.884. The van der Waals surface area contributed by atoms with Crippen LogP contribution in [0.25, 0.3) is 0 Å². The molecule has 2 saturated heterocycles. The van der Waals surface area contributed by atoms with Crippen molar-refractivity contribution >= 4 is 17.8 Å². The number of piperidine rings is 2. The van der Waals surface area contributed by atoms with Gasteiger partial charge in [0.2, 0.25) is 5.91 Å². The van der Waals surface area contributed by atoms with Crippen molar-refractivity contribution in [2.24, 2.45) is 17.3 Å². The fourth-order valence-corrected chi connectivity index (χ4v) is 4.43. The summed E-state index contributed by atoms with van der Waals surface area (Å²) in [4.78, 5) is 40.9. The van der Waals surface area contributed by atoms with Crippen molar-refractivity contribution < 1.29 is 19.5 Å². The highest BCUT2D eigenvalue weighted by atomic mass is 16.4. The molecule has 27 heavy (non-hydrogen) atoms. The molecule has 3 unspecified atom stereocenters. The normalized spacial score (nSPS) is 28.7. The second-order valence-corrected chi connectivity index (χ2v) is 8.22. The van der Waals surface area contributed by atoms with Gasteiger partial charge < -0.3 is 14.9 Å². The van der Waals surface area contributed by atoms with Crippen molar-refractivity contribution in [3.8, 4) is 0 Å². The number of aliphatic carboxylic acids is 1. The summed E-state index contributed by atoms with van der Waals surface area (Å²) in [6.07, 6.45) is 2.03. The van der Waals surface area contributed by atoms with Crippen molar-refractivity contribution in [3.05, 3.63) is 35.9 Å². The summed E-state index contributed by atoms with van der Waals surface area (Å²) in [6, 6.07) is 9.16. The van der Waals surface area contributed by atoms with Crippen LogP contribution in [0.5, 0.6) is 0 Å². The van der Waals surface area contributed by atoms with Crippen molar-refractivity contribution in [1.29, 1.82) is 0 Å². The van der Waals surface area contributed by atoms with E-state index in [2.05, 4.69) is 0 Å². The molecule has 2 amide bonds. The number of nitrogens with zero attached hydrogens (tertiary/aromatic N) is 2. The minimum Gasteiger partial charge on any atom is -0.481 e. The first kappa shape index (κ1) is 19.4. The first-order chi connectivity index (χ1) is 12.8. The van der Waals surface area contributed by atoms with Crippen LogP contribution in [0.15, 0.2) is 30.3 Å². The second-order valence-electron chi connectivity index (χ2n) is 8.22. The Morgan fingerprint density at radius 2 is 1.81 bits per heavy atom. The van der Waals surface area contributed by atoms with Crippen molar-refractivity contribution in [3.63, 3.8) is 0 Å². The topological polar surface area (TPSA) is 77.9 Å². The number of hydrogen-bond donors (Lipinski definition) is 1. The van der Waals surface area contributed by atoms with Gasteiger partial charge in [0.05, 0.1) is 11.3 Å². The van der Waals surface area contributed by atoms with E-state index in [1.54, 1.807) is 21.9 Å². The first-order valence-corrected chi connectivity index (χ1v) is 9.68.